The zero-order valence-corrected chi connectivity index (χ0v) is 14.0. The van der Waals surface area contributed by atoms with Crippen LogP contribution in [-0.4, -0.2) is 52.1 Å². The maximum absolute atomic E-state index is 12.5. The Kier molecular flexibility index (Phi) is 5.97. The number of carbonyl (C=O) groups excluding carboxylic acids is 1. The van der Waals surface area contributed by atoms with Crippen molar-refractivity contribution in [1.82, 2.24) is 9.80 Å². The molecule has 1 aromatic carbocycles. The van der Waals surface area contributed by atoms with Gasteiger partial charge in [0.05, 0.1) is 0 Å². The number of benzene rings is 1. The molecule has 0 aromatic heterocycles. The monoisotopic (exact) mass is 306 g/mol. The molecule has 0 saturated carbocycles. The van der Waals surface area contributed by atoms with Crippen LogP contribution in [-0.2, 0) is 11.2 Å². The van der Waals surface area contributed by atoms with Crippen molar-refractivity contribution in [3.63, 3.8) is 0 Å². The van der Waals surface area contributed by atoms with Crippen molar-refractivity contribution < 1.29 is 14.7 Å². The predicted molar refractivity (Wildman–Crippen MR) is 86.9 cm³/mol. The highest BCUT2D eigenvalue weighted by molar-refractivity contribution is 5.85. The Morgan fingerprint density at radius 1 is 1.18 bits per heavy atom. The lowest BCUT2D eigenvalue weighted by molar-refractivity contribution is -0.136. The molecule has 0 aliphatic rings. The van der Waals surface area contributed by atoms with Crippen molar-refractivity contribution in [2.75, 3.05) is 13.6 Å². The molecule has 5 heteroatoms. The summed E-state index contributed by atoms with van der Waals surface area (Å²) < 4.78 is 0. The first-order valence-electron chi connectivity index (χ1n) is 7.45. The van der Waals surface area contributed by atoms with E-state index in [1.54, 1.807) is 39.6 Å². The van der Waals surface area contributed by atoms with Crippen LogP contribution in [0.15, 0.2) is 30.3 Å². The fourth-order valence-corrected chi connectivity index (χ4v) is 2.51. The van der Waals surface area contributed by atoms with Crippen LogP contribution in [0, 0.1) is 0 Å². The molecule has 22 heavy (non-hydrogen) atoms. The zero-order chi connectivity index (χ0) is 16.9. The summed E-state index contributed by atoms with van der Waals surface area (Å²) in [5.41, 5.74) is 0.530. The van der Waals surface area contributed by atoms with Crippen LogP contribution < -0.4 is 0 Å². The van der Waals surface area contributed by atoms with E-state index in [-0.39, 0.29) is 5.91 Å². The normalized spacial score (nSPS) is 12.6. The van der Waals surface area contributed by atoms with E-state index in [4.69, 9.17) is 0 Å². The number of carbonyl (C=O) groups is 2. The van der Waals surface area contributed by atoms with Crippen LogP contribution in [0.3, 0.4) is 0 Å². The van der Waals surface area contributed by atoms with Crippen molar-refractivity contribution in [3.05, 3.63) is 35.9 Å². The number of hydrogen-bond acceptors (Lipinski definition) is 2. The molecule has 0 aliphatic carbocycles. The fraction of sp³-hybridized carbons (Fsp3) is 0.529. The van der Waals surface area contributed by atoms with Gasteiger partial charge in [-0.2, -0.15) is 0 Å². The lowest BCUT2D eigenvalue weighted by atomic mass is 10.0. The highest BCUT2D eigenvalue weighted by atomic mass is 16.4. The molecule has 1 rings (SSSR count). The van der Waals surface area contributed by atoms with Crippen LogP contribution >= 0.6 is 0 Å². The first-order chi connectivity index (χ1) is 10.1. The molecule has 1 atom stereocenters. The SMILES string of the molecule is C[C@@H](C(=O)N(C)CCc1ccccc1)N(C(=O)O)C(C)(C)C. The third-order valence-corrected chi connectivity index (χ3v) is 3.63. The Labute approximate surface area is 132 Å². The summed E-state index contributed by atoms with van der Waals surface area (Å²) >= 11 is 0. The largest absolute Gasteiger partial charge is 0.465 e. The van der Waals surface area contributed by atoms with Crippen molar-refractivity contribution in [3.8, 4) is 0 Å². The van der Waals surface area contributed by atoms with Crippen LogP contribution in [0.25, 0.3) is 0 Å². The lowest BCUT2D eigenvalue weighted by Gasteiger charge is -2.38. The van der Waals surface area contributed by atoms with Gasteiger partial charge in [-0.1, -0.05) is 30.3 Å². The van der Waals surface area contributed by atoms with Gasteiger partial charge in [-0.3, -0.25) is 9.69 Å². The average Bonchev–Trinajstić information content (AvgIpc) is 2.43. The van der Waals surface area contributed by atoms with Gasteiger partial charge < -0.3 is 10.0 Å². The summed E-state index contributed by atoms with van der Waals surface area (Å²) in [5.74, 6) is -0.187. The Bertz CT molecular complexity index is 508. The van der Waals surface area contributed by atoms with Gasteiger partial charge in [-0.25, -0.2) is 4.79 Å². The van der Waals surface area contributed by atoms with Gasteiger partial charge in [0.2, 0.25) is 5.91 Å². The molecule has 0 fully saturated rings. The quantitative estimate of drug-likeness (QED) is 0.910. The second-order valence-corrected chi connectivity index (χ2v) is 6.49. The molecule has 0 spiro atoms. The van der Waals surface area contributed by atoms with Gasteiger partial charge in [0.15, 0.2) is 0 Å². The minimum Gasteiger partial charge on any atom is -0.465 e. The van der Waals surface area contributed by atoms with Gasteiger partial charge in [0.25, 0.3) is 0 Å². The molecule has 2 amide bonds. The molecule has 0 heterocycles. The highest BCUT2D eigenvalue weighted by Gasteiger charge is 2.35. The van der Waals surface area contributed by atoms with Gasteiger partial charge in [0.1, 0.15) is 6.04 Å². The summed E-state index contributed by atoms with van der Waals surface area (Å²) in [5, 5.41) is 9.37. The number of hydrogen-bond donors (Lipinski definition) is 1. The van der Waals surface area contributed by atoms with Gasteiger partial charge >= 0.3 is 6.09 Å². The van der Waals surface area contributed by atoms with Crippen molar-refractivity contribution in [2.45, 2.75) is 45.7 Å². The molecule has 0 unspecified atom stereocenters. The molecule has 0 bridgehead atoms. The molecule has 5 nitrogen and oxygen atoms in total. The minimum absolute atomic E-state index is 0.187. The topological polar surface area (TPSA) is 60.9 Å². The molecule has 1 N–H and O–H groups in total. The van der Waals surface area contributed by atoms with Gasteiger partial charge in [-0.15, -0.1) is 0 Å². The second kappa shape index (κ2) is 7.29. The smallest absolute Gasteiger partial charge is 0.408 e. The van der Waals surface area contributed by atoms with Crippen molar-refractivity contribution in [2.24, 2.45) is 0 Å². The fourth-order valence-electron chi connectivity index (χ4n) is 2.51. The summed E-state index contributed by atoms with van der Waals surface area (Å²) in [6, 6.07) is 9.20. The number of nitrogens with zero attached hydrogens (tertiary/aromatic N) is 2. The van der Waals surface area contributed by atoms with Crippen LogP contribution in [0.5, 0.6) is 0 Å². The van der Waals surface area contributed by atoms with E-state index >= 15 is 0 Å². The maximum Gasteiger partial charge on any atom is 0.408 e. The Morgan fingerprint density at radius 3 is 2.18 bits per heavy atom. The van der Waals surface area contributed by atoms with E-state index in [9.17, 15) is 14.7 Å². The van der Waals surface area contributed by atoms with Crippen LogP contribution in [0.1, 0.15) is 33.3 Å². The molecule has 0 radical (unpaired) electrons. The number of rotatable bonds is 5. The average molecular weight is 306 g/mol. The molecule has 0 saturated heterocycles. The molecular weight excluding hydrogens is 280 g/mol. The first kappa shape index (κ1) is 18.0. The molecule has 0 aliphatic heterocycles. The Hall–Kier alpha value is -2.04. The first-order valence-corrected chi connectivity index (χ1v) is 7.45. The Morgan fingerprint density at radius 2 is 1.73 bits per heavy atom. The zero-order valence-electron chi connectivity index (χ0n) is 14.0. The highest BCUT2D eigenvalue weighted by Crippen LogP contribution is 2.18. The van der Waals surface area contributed by atoms with Crippen molar-refractivity contribution in [1.29, 1.82) is 0 Å². The molecule has 1 aromatic rings. The predicted octanol–water partition coefficient (Wildman–Crippen LogP) is 2.85. The van der Waals surface area contributed by atoms with Crippen LogP contribution in [0.2, 0.25) is 0 Å². The van der Waals surface area contributed by atoms with Crippen molar-refractivity contribution >= 4 is 12.0 Å². The number of likely N-dealkylation sites (N-methyl/N-ethyl adjacent to an activating group) is 1. The summed E-state index contributed by atoms with van der Waals surface area (Å²) in [4.78, 5) is 26.7. The standard InChI is InChI=1S/C17H26N2O3/c1-13(19(16(21)22)17(2,3)4)15(20)18(5)12-11-14-9-7-6-8-10-14/h6-10,13H,11-12H2,1-5H3,(H,21,22)/t13-/m0/s1. The summed E-state index contributed by atoms with van der Waals surface area (Å²) in [6.07, 6.45) is -0.330. The maximum atomic E-state index is 12.5. The van der Waals surface area contributed by atoms with E-state index in [1.165, 1.54) is 4.90 Å². The Balaban J connectivity index is 2.70. The molecular formula is C17H26N2O3. The van der Waals surface area contributed by atoms with E-state index in [2.05, 4.69) is 0 Å². The van der Waals surface area contributed by atoms with Gasteiger partial charge in [0, 0.05) is 19.1 Å². The summed E-state index contributed by atoms with van der Waals surface area (Å²) in [7, 11) is 1.71. The lowest BCUT2D eigenvalue weighted by Crippen LogP contribution is -2.55. The molecule has 122 valence electrons. The number of amides is 2. The van der Waals surface area contributed by atoms with Crippen LogP contribution in [0.4, 0.5) is 4.79 Å². The van der Waals surface area contributed by atoms with E-state index in [0.717, 1.165) is 12.0 Å². The summed E-state index contributed by atoms with van der Waals surface area (Å²) in [6.45, 7) is 7.56. The van der Waals surface area contributed by atoms with E-state index in [0.29, 0.717) is 6.54 Å². The minimum atomic E-state index is -1.08. The third kappa shape index (κ3) is 4.76. The van der Waals surface area contributed by atoms with E-state index in [1.807, 2.05) is 30.3 Å². The second-order valence-electron chi connectivity index (χ2n) is 6.49. The van der Waals surface area contributed by atoms with Gasteiger partial charge in [-0.05, 0) is 39.7 Å². The number of carboxylic acid groups (broad SMARTS) is 1. The third-order valence-electron chi connectivity index (χ3n) is 3.63. The van der Waals surface area contributed by atoms with E-state index < -0.39 is 17.7 Å².